The van der Waals surface area contributed by atoms with E-state index in [-0.39, 0.29) is 18.6 Å². The molecule has 0 saturated heterocycles. The highest BCUT2D eigenvalue weighted by molar-refractivity contribution is 5.53. The van der Waals surface area contributed by atoms with E-state index >= 15 is 0 Å². The highest BCUT2D eigenvalue weighted by atomic mass is 16.6. The van der Waals surface area contributed by atoms with E-state index in [1.807, 2.05) is 37.3 Å². The number of methoxy groups -OCH3 is 2. The van der Waals surface area contributed by atoms with Gasteiger partial charge in [-0.2, -0.15) is 0 Å². The molecule has 0 unspecified atom stereocenters. The number of aliphatic hydroxyl groups excluding tert-OH is 1. The molecule has 0 spiro atoms. The minimum atomic E-state index is -1.27. The Bertz CT molecular complexity index is 1160. The van der Waals surface area contributed by atoms with Crippen LogP contribution in [0.4, 0.5) is 0 Å². The fraction of sp³-hybridized carbons (Fsp3) is 0.333. The van der Waals surface area contributed by atoms with Crippen LogP contribution in [-0.2, 0) is 19.4 Å². The van der Waals surface area contributed by atoms with Gasteiger partial charge in [0, 0.05) is 17.8 Å². The molecule has 8 nitrogen and oxygen atoms in total. The summed E-state index contributed by atoms with van der Waals surface area (Å²) in [6, 6.07) is 15.2. The van der Waals surface area contributed by atoms with Crippen LogP contribution in [0.1, 0.15) is 27.8 Å². The van der Waals surface area contributed by atoms with E-state index in [2.05, 4.69) is 0 Å². The Balaban J connectivity index is 1.80. The number of hydrogen-bond donors (Lipinski definition) is 2. The maximum atomic E-state index is 11.9. The number of nitro groups is 1. The Hall–Kier alpha value is -3.78. The Morgan fingerprint density at radius 3 is 2.23 bits per heavy atom. The molecule has 0 bridgehead atoms. The molecule has 3 aromatic rings. The first kappa shape index (κ1) is 25.8. The van der Waals surface area contributed by atoms with Gasteiger partial charge in [-0.1, -0.05) is 36.4 Å². The summed E-state index contributed by atoms with van der Waals surface area (Å²) in [6.45, 7) is 3.84. The van der Waals surface area contributed by atoms with E-state index in [0.29, 0.717) is 40.5 Å². The molecule has 0 aromatic heterocycles. The van der Waals surface area contributed by atoms with E-state index in [4.69, 9.17) is 14.2 Å². The van der Waals surface area contributed by atoms with Gasteiger partial charge in [-0.05, 0) is 59.9 Å². The fourth-order valence-electron chi connectivity index (χ4n) is 4.08. The van der Waals surface area contributed by atoms with Crippen molar-refractivity contribution in [3.8, 4) is 23.0 Å². The standard InChI is InChI=1S/C27H31NO7/c1-17-12-26(34-4)27(30)18(2)21(17)15-23(29)22(28(31)32)13-20-10-11-24(33-3)25(14-20)35-16-19-8-6-5-7-9-19/h5-12,14,22-23,29-30H,13,15-16H2,1-4H3/t22-,23+/m0/s1. The summed E-state index contributed by atoms with van der Waals surface area (Å²) in [6.07, 6.45) is -1.25. The molecule has 0 aliphatic heterocycles. The van der Waals surface area contributed by atoms with Gasteiger partial charge in [0.15, 0.2) is 23.0 Å². The quantitative estimate of drug-likeness (QED) is 0.308. The molecule has 0 heterocycles. The van der Waals surface area contributed by atoms with Crippen LogP contribution in [-0.4, -0.2) is 41.5 Å². The summed E-state index contributed by atoms with van der Waals surface area (Å²) in [5, 5.41) is 33.1. The summed E-state index contributed by atoms with van der Waals surface area (Å²) < 4.78 is 16.5. The first-order valence-electron chi connectivity index (χ1n) is 11.3. The van der Waals surface area contributed by atoms with E-state index < -0.39 is 17.1 Å². The molecule has 0 aliphatic carbocycles. The van der Waals surface area contributed by atoms with E-state index in [1.54, 1.807) is 31.2 Å². The molecule has 0 saturated carbocycles. The maximum Gasteiger partial charge on any atom is 0.242 e. The number of aryl methyl sites for hydroxylation is 1. The van der Waals surface area contributed by atoms with Crippen molar-refractivity contribution in [1.29, 1.82) is 0 Å². The van der Waals surface area contributed by atoms with Gasteiger partial charge in [-0.15, -0.1) is 0 Å². The molecule has 2 atom stereocenters. The number of phenolic OH excluding ortho intramolecular Hbond substituents is 1. The Kier molecular flexibility index (Phi) is 8.54. The molecule has 2 N–H and O–H groups in total. The van der Waals surface area contributed by atoms with Crippen LogP contribution in [0, 0.1) is 24.0 Å². The van der Waals surface area contributed by atoms with E-state index in [1.165, 1.54) is 14.2 Å². The molecular weight excluding hydrogens is 450 g/mol. The van der Waals surface area contributed by atoms with Gasteiger partial charge in [0.25, 0.3) is 0 Å². The van der Waals surface area contributed by atoms with Gasteiger partial charge < -0.3 is 24.4 Å². The second-order valence-corrected chi connectivity index (χ2v) is 8.44. The van der Waals surface area contributed by atoms with Gasteiger partial charge in [0.2, 0.25) is 6.04 Å². The number of benzene rings is 3. The third kappa shape index (κ3) is 6.22. The summed E-state index contributed by atoms with van der Waals surface area (Å²) in [5.74, 6) is 1.28. The number of aliphatic hydroxyl groups is 1. The summed E-state index contributed by atoms with van der Waals surface area (Å²) in [5.41, 5.74) is 3.58. The van der Waals surface area contributed by atoms with Crippen molar-refractivity contribution in [2.75, 3.05) is 14.2 Å². The lowest BCUT2D eigenvalue weighted by molar-refractivity contribution is -0.533. The topological polar surface area (TPSA) is 111 Å². The second kappa shape index (κ2) is 11.6. The molecule has 0 amide bonds. The normalized spacial score (nSPS) is 12.6. The van der Waals surface area contributed by atoms with Gasteiger partial charge >= 0.3 is 0 Å². The molecule has 8 heteroatoms. The number of nitrogens with zero attached hydrogens (tertiary/aromatic N) is 1. The van der Waals surface area contributed by atoms with Gasteiger partial charge in [0.05, 0.1) is 14.2 Å². The monoisotopic (exact) mass is 481 g/mol. The number of ether oxygens (including phenoxy) is 3. The van der Waals surface area contributed by atoms with Crippen molar-refractivity contribution in [2.45, 2.75) is 45.4 Å². The van der Waals surface area contributed by atoms with E-state index in [9.17, 15) is 20.3 Å². The predicted octanol–water partition coefficient (Wildman–Crippen LogP) is 4.40. The molecule has 186 valence electrons. The number of phenols is 1. The predicted molar refractivity (Wildman–Crippen MR) is 132 cm³/mol. The van der Waals surface area contributed by atoms with Crippen LogP contribution >= 0.6 is 0 Å². The van der Waals surface area contributed by atoms with Crippen molar-refractivity contribution in [3.05, 3.63) is 92.5 Å². The minimum absolute atomic E-state index is 0.0000893. The first-order chi connectivity index (χ1) is 16.7. The van der Waals surface area contributed by atoms with Crippen LogP contribution < -0.4 is 14.2 Å². The molecule has 3 rings (SSSR count). The smallest absolute Gasteiger partial charge is 0.242 e. The van der Waals surface area contributed by atoms with Crippen LogP contribution in [0.3, 0.4) is 0 Å². The highest BCUT2D eigenvalue weighted by Crippen LogP contribution is 2.35. The average Bonchev–Trinajstić information content (AvgIpc) is 2.86. The summed E-state index contributed by atoms with van der Waals surface area (Å²) in [4.78, 5) is 11.4. The van der Waals surface area contributed by atoms with E-state index in [0.717, 1.165) is 11.1 Å². The summed E-state index contributed by atoms with van der Waals surface area (Å²) >= 11 is 0. The number of aromatic hydroxyl groups is 1. The molecule has 0 aliphatic rings. The van der Waals surface area contributed by atoms with Gasteiger partial charge in [-0.3, -0.25) is 10.1 Å². The van der Waals surface area contributed by atoms with Crippen LogP contribution in [0.15, 0.2) is 54.6 Å². The zero-order chi connectivity index (χ0) is 25.5. The molecule has 3 aromatic carbocycles. The number of rotatable bonds is 11. The third-order valence-electron chi connectivity index (χ3n) is 6.12. The maximum absolute atomic E-state index is 11.9. The largest absolute Gasteiger partial charge is 0.504 e. The summed E-state index contributed by atoms with van der Waals surface area (Å²) in [7, 11) is 2.99. The zero-order valence-corrected chi connectivity index (χ0v) is 20.4. The van der Waals surface area contributed by atoms with Crippen LogP contribution in [0.2, 0.25) is 0 Å². The van der Waals surface area contributed by atoms with Crippen molar-refractivity contribution in [3.63, 3.8) is 0 Å². The first-order valence-corrected chi connectivity index (χ1v) is 11.3. The molecular formula is C27H31NO7. The molecule has 0 fully saturated rings. The zero-order valence-electron chi connectivity index (χ0n) is 20.4. The van der Waals surface area contributed by atoms with Crippen molar-refractivity contribution >= 4 is 0 Å². The Morgan fingerprint density at radius 1 is 0.914 bits per heavy atom. The van der Waals surface area contributed by atoms with Gasteiger partial charge in [0.1, 0.15) is 12.7 Å². The Morgan fingerprint density at radius 2 is 1.60 bits per heavy atom. The van der Waals surface area contributed by atoms with Gasteiger partial charge in [-0.25, -0.2) is 0 Å². The molecule has 0 radical (unpaired) electrons. The van der Waals surface area contributed by atoms with Crippen molar-refractivity contribution in [1.82, 2.24) is 0 Å². The Labute approximate surface area is 204 Å². The van der Waals surface area contributed by atoms with Crippen LogP contribution in [0.5, 0.6) is 23.0 Å². The van der Waals surface area contributed by atoms with Crippen molar-refractivity contribution in [2.24, 2.45) is 0 Å². The second-order valence-electron chi connectivity index (χ2n) is 8.44. The van der Waals surface area contributed by atoms with Crippen LogP contribution in [0.25, 0.3) is 0 Å². The third-order valence-corrected chi connectivity index (χ3v) is 6.12. The highest BCUT2D eigenvalue weighted by Gasteiger charge is 2.32. The lowest BCUT2D eigenvalue weighted by Gasteiger charge is -2.20. The van der Waals surface area contributed by atoms with Crippen molar-refractivity contribution < 1.29 is 29.3 Å². The molecule has 35 heavy (non-hydrogen) atoms. The lowest BCUT2D eigenvalue weighted by Crippen LogP contribution is -2.37. The fourth-order valence-corrected chi connectivity index (χ4v) is 4.08. The minimum Gasteiger partial charge on any atom is -0.504 e. The SMILES string of the molecule is COc1ccc(C[C@@H]([C@H](O)Cc2c(C)cc(OC)c(O)c2C)[N+](=O)[O-])cc1OCc1ccccc1. The number of hydrogen-bond acceptors (Lipinski definition) is 7. The lowest BCUT2D eigenvalue weighted by atomic mass is 9.91. The average molecular weight is 482 g/mol.